The van der Waals surface area contributed by atoms with Gasteiger partial charge in [0.15, 0.2) is 0 Å². The Morgan fingerprint density at radius 1 is 1.17 bits per heavy atom. The van der Waals surface area contributed by atoms with Gasteiger partial charge in [-0.15, -0.1) is 0 Å². The molecule has 30 heavy (non-hydrogen) atoms. The van der Waals surface area contributed by atoms with E-state index in [-0.39, 0.29) is 5.91 Å². The fourth-order valence-corrected chi connectivity index (χ4v) is 3.25. The Labute approximate surface area is 182 Å². The lowest BCUT2D eigenvalue weighted by Gasteiger charge is -2.19. The Kier molecular flexibility index (Phi) is 8.24. The second-order valence-electron chi connectivity index (χ2n) is 7.15. The summed E-state index contributed by atoms with van der Waals surface area (Å²) in [7, 11) is 2.01. The van der Waals surface area contributed by atoms with E-state index in [2.05, 4.69) is 32.7 Å². The van der Waals surface area contributed by atoms with Gasteiger partial charge >= 0.3 is 0 Å². The summed E-state index contributed by atoms with van der Waals surface area (Å²) >= 11 is 6.04. The van der Waals surface area contributed by atoms with Crippen LogP contribution < -0.4 is 10.6 Å². The molecule has 0 bridgehead atoms. The van der Waals surface area contributed by atoms with Crippen LogP contribution in [0.15, 0.2) is 72.9 Å². The molecule has 5 nitrogen and oxygen atoms in total. The minimum Gasteiger partial charge on any atom is -0.372 e. The minimum absolute atomic E-state index is 0.0542. The summed E-state index contributed by atoms with van der Waals surface area (Å²) < 4.78 is 0. The Hall–Kier alpha value is -2.89. The number of halogens is 1. The zero-order chi connectivity index (χ0) is 21.2. The van der Waals surface area contributed by atoms with Crippen molar-refractivity contribution in [2.75, 3.05) is 32.1 Å². The van der Waals surface area contributed by atoms with Crippen LogP contribution in [0.5, 0.6) is 0 Å². The molecule has 1 amide bonds. The van der Waals surface area contributed by atoms with Crippen molar-refractivity contribution in [1.29, 1.82) is 0 Å². The molecular formula is C24H27ClN4O. The highest BCUT2D eigenvalue weighted by molar-refractivity contribution is 6.31. The molecular weight excluding hydrogens is 396 g/mol. The molecule has 0 aliphatic rings. The van der Waals surface area contributed by atoms with Crippen molar-refractivity contribution in [3.8, 4) is 0 Å². The smallest absolute Gasteiger partial charge is 0.243 e. The number of pyridine rings is 1. The van der Waals surface area contributed by atoms with E-state index in [1.807, 2.05) is 55.6 Å². The summed E-state index contributed by atoms with van der Waals surface area (Å²) in [4.78, 5) is 18.4. The maximum atomic E-state index is 11.9. The van der Waals surface area contributed by atoms with Gasteiger partial charge in [0, 0.05) is 35.4 Å². The van der Waals surface area contributed by atoms with Crippen molar-refractivity contribution in [3.05, 3.63) is 83.5 Å². The number of anilines is 1. The van der Waals surface area contributed by atoms with Gasteiger partial charge in [-0.05, 0) is 55.8 Å². The average Bonchev–Trinajstić information content (AvgIpc) is 2.75. The van der Waals surface area contributed by atoms with Gasteiger partial charge in [0.1, 0.15) is 0 Å². The minimum atomic E-state index is -0.0542. The number of carbonyl (C=O) groups excluding carboxylic acids is 1. The molecule has 0 atom stereocenters. The second-order valence-corrected chi connectivity index (χ2v) is 7.59. The van der Waals surface area contributed by atoms with Crippen LogP contribution in [0, 0.1) is 0 Å². The van der Waals surface area contributed by atoms with Crippen molar-refractivity contribution in [2.24, 2.45) is 0 Å². The van der Waals surface area contributed by atoms with Gasteiger partial charge in [0.2, 0.25) is 5.91 Å². The number of amides is 1. The monoisotopic (exact) mass is 422 g/mol. The van der Waals surface area contributed by atoms with E-state index in [9.17, 15) is 4.79 Å². The first-order valence-electron chi connectivity index (χ1n) is 10.1. The zero-order valence-electron chi connectivity index (χ0n) is 17.1. The number of aromatic nitrogens is 1. The maximum Gasteiger partial charge on any atom is 0.243 e. The van der Waals surface area contributed by atoms with Gasteiger partial charge in [-0.2, -0.15) is 0 Å². The third-order valence-electron chi connectivity index (χ3n) is 4.75. The summed E-state index contributed by atoms with van der Waals surface area (Å²) in [6.45, 7) is 1.99. The van der Waals surface area contributed by atoms with E-state index >= 15 is 0 Å². The molecule has 0 unspecified atom stereocenters. The molecule has 0 aliphatic carbocycles. The first-order valence-corrected chi connectivity index (χ1v) is 10.4. The third kappa shape index (κ3) is 6.87. The fraction of sp³-hybridized carbons (Fsp3) is 0.250. The Morgan fingerprint density at radius 2 is 2.00 bits per heavy atom. The summed E-state index contributed by atoms with van der Waals surface area (Å²) in [6, 6.07) is 17.9. The number of aryl methyl sites for hydroxylation is 1. The molecule has 2 N–H and O–H groups in total. The third-order valence-corrected chi connectivity index (χ3v) is 4.98. The molecule has 0 aliphatic heterocycles. The van der Waals surface area contributed by atoms with E-state index in [1.54, 1.807) is 12.3 Å². The number of allylic oxidation sites excluding steroid dienone is 1. The SMILES string of the molecule is CN(CCNC(=O)/C=C/CCc1ccccc1)CNc1ccnc2cc(Cl)ccc12. The lowest BCUT2D eigenvalue weighted by Crippen LogP contribution is -2.34. The molecule has 156 valence electrons. The van der Waals surface area contributed by atoms with Gasteiger partial charge in [-0.1, -0.05) is 48.0 Å². The van der Waals surface area contributed by atoms with Crippen molar-refractivity contribution >= 4 is 34.1 Å². The lowest BCUT2D eigenvalue weighted by molar-refractivity contribution is -0.116. The largest absolute Gasteiger partial charge is 0.372 e. The van der Waals surface area contributed by atoms with Gasteiger partial charge in [0.05, 0.1) is 12.2 Å². The average molecular weight is 423 g/mol. The van der Waals surface area contributed by atoms with E-state index in [4.69, 9.17) is 11.6 Å². The highest BCUT2D eigenvalue weighted by Gasteiger charge is 2.04. The number of nitrogens with zero attached hydrogens (tertiary/aromatic N) is 2. The quantitative estimate of drug-likeness (QED) is 0.373. The van der Waals surface area contributed by atoms with E-state index in [0.29, 0.717) is 18.2 Å². The van der Waals surface area contributed by atoms with Crippen molar-refractivity contribution in [1.82, 2.24) is 15.2 Å². The normalized spacial score (nSPS) is 11.3. The first-order chi connectivity index (χ1) is 14.6. The number of nitrogens with one attached hydrogen (secondary N) is 2. The van der Waals surface area contributed by atoms with E-state index < -0.39 is 0 Å². The Bertz CT molecular complexity index is 991. The Morgan fingerprint density at radius 3 is 2.83 bits per heavy atom. The molecule has 3 aromatic rings. The maximum absolute atomic E-state index is 11.9. The van der Waals surface area contributed by atoms with Gasteiger partial charge < -0.3 is 10.6 Å². The van der Waals surface area contributed by atoms with Gasteiger partial charge in [-0.3, -0.25) is 14.7 Å². The van der Waals surface area contributed by atoms with Crippen molar-refractivity contribution in [2.45, 2.75) is 12.8 Å². The first kappa shape index (κ1) is 21.8. The number of likely N-dealkylation sites (N-methyl/N-ethyl adjacent to an activating group) is 1. The molecule has 0 spiro atoms. The summed E-state index contributed by atoms with van der Waals surface area (Å²) in [5.41, 5.74) is 3.15. The predicted octanol–water partition coefficient (Wildman–Crippen LogP) is 4.49. The van der Waals surface area contributed by atoms with E-state index in [1.165, 1.54) is 5.56 Å². The predicted molar refractivity (Wildman–Crippen MR) is 125 cm³/mol. The van der Waals surface area contributed by atoms with Crippen LogP contribution in [-0.2, 0) is 11.2 Å². The highest BCUT2D eigenvalue weighted by atomic mass is 35.5. The van der Waals surface area contributed by atoms with Crippen molar-refractivity contribution < 1.29 is 4.79 Å². The van der Waals surface area contributed by atoms with E-state index in [0.717, 1.165) is 36.0 Å². The van der Waals surface area contributed by atoms with Crippen LogP contribution in [0.1, 0.15) is 12.0 Å². The molecule has 6 heteroatoms. The summed E-state index contributed by atoms with van der Waals surface area (Å²) in [6.07, 6.45) is 7.11. The second kappa shape index (κ2) is 11.3. The zero-order valence-corrected chi connectivity index (χ0v) is 17.9. The number of rotatable bonds is 10. The molecule has 0 fully saturated rings. The van der Waals surface area contributed by atoms with Crippen LogP contribution >= 0.6 is 11.6 Å². The molecule has 3 rings (SSSR count). The number of fused-ring (bicyclic) bond motifs is 1. The molecule has 1 heterocycles. The van der Waals surface area contributed by atoms with Gasteiger partial charge in [-0.25, -0.2) is 0 Å². The molecule has 1 aromatic heterocycles. The number of benzene rings is 2. The summed E-state index contributed by atoms with van der Waals surface area (Å²) in [5, 5.41) is 8.05. The molecule has 0 saturated carbocycles. The highest BCUT2D eigenvalue weighted by Crippen LogP contribution is 2.24. The number of carbonyl (C=O) groups is 1. The topological polar surface area (TPSA) is 57.3 Å². The lowest BCUT2D eigenvalue weighted by atomic mass is 10.1. The van der Waals surface area contributed by atoms with Crippen LogP contribution in [0.2, 0.25) is 5.02 Å². The van der Waals surface area contributed by atoms with Crippen molar-refractivity contribution in [3.63, 3.8) is 0 Å². The van der Waals surface area contributed by atoms with Crippen LogP contribution in [0.4, 0.5) is 5.69 Å². The molecule has 0 saturated heterocycles. The van der Waals surface area contributed by atoms with Crippen LogP contribution in [0.25, 0.3) is 10.9 Å². The van der Waals surface area contributed by atoms with Crippen LogP contribution in [-0.4, -0.2) is 42.6 Å². The standard InChI is InChI=1S/C24H27ClN4O/c1-29(18-28-22-13-14-26-23-17-20(25)11-12-21(22)23)16-15-27-24(30)10-6-5-9-19-7-3-2-4-8-19/h2-4,6-8,10-14,17H,5,9,15-16,18H2,1H3,(H,26,28)(H,27,30)/b10-6+. The van der Waals surface area contributed by atoms with Gasteiger partial charge in [0.25, 0.3) is 0 Å². The van der Waals surface area contributed by atoms with Crippen LogP contribution in [0.3, 0.4) is 0 Å². The number of hydrogen-bond donors (Lipinski definition) is 2. The molecule has 0 radical (unpaired) electrons. The number of hydrogen-bond acceptors (Lipinski definition) is 4. The summed E-state index contributed by atoms with van der Waals surface area (Å²) in [5.74, 6) is -0.0542. The fourth-order valence-electron chi connectivity index (χ4n) is 3.09. The molecule has 2 aromatic carbocycles. The Balaban J connectivity index is 1.35.